The van der Waals surface area contributed by atoms with Crippen molar-refractivity contribution in [1.82, 2.24) is 25.5 Å². The number of nitrogens with zero attached hydrogens (tertiary/aromatic N) is 4. The molecule has 1 N–H and O–H groups in total. The first-order chi connectivity index (χ1) is 13.6. The Morgan fingerprint density at radius 3 is 2.79 bits per heavy atom. The van der Waals surface area contributed by atoms with Crippen LogP contribution in [0.1, 0.15) is 17.5 Å². The van der Waals surface area contributed by atoms with Crippen molar-refractivity contribution in [3.63, 3.8) is 0 Å². The van der Waals surface area contributed by atoms with E-state index in [1.54, 1.807) is 40.7 Å². The van der Waals surface area contributed by atoms with Gasteiger partial charge in [-0.15, -0.1) is 5.10 Å². The van der Waals surface area contributed by atoms with Gasteiger partial charge in [-0.3, -0.25) is 0 Å². The van der Waals surface area contributed by atoms with Gasteiger partial charge in [-0.2, -0.15) is 0 Å². The average Bonchev–Trinajstić information content (AvgIpc) is 3.10. The van der Waals surface area contributed by atoms with E-state index >= 15 is 0 Å². The van der Waals surface area contributed by atoms with Gasteiger partial charge < -0.3 is 22.5 Å². The van der Waals surface area contributed by atoms with E-state index in [1.165, 1.54) is 6.07 Å². The van der Waals surface area contributed by atoms with E-state index in [-0.39, 0.29) is 24.8 Å². The van der Waals surface area contributed by atoms with Crippen LogP contribution < -0.4 is 22.5 Å². The topological polar surface area (TPSA) is 64.9 Å². The van der Waals surface area contributed by atoms with Crippen LogP contribution in [0.4, 0.5) is 4.39 Å². The number of nitrogens with one attached hydrogen (secondary N) is 1. The molecule has 0 fully saturated rings. The Morgan fingerprint density at radius 1 is 1.21 bits per heavy atom. The van der Waals surface area contributed by atoms with E-state index in [4.69, 9.17) is 16.3 Å². The average molecular weight is 457 g/mol. The predicted octanol–water partition coefficient (Wildman–Crippen LogP) is 0.858. The lowest BCUT2D eigenvalue weighted by molar-refractivity contribution is -0.00000679. The Bertz CT molecular complexity index is 912. The van der Waals surface area contributed by atoms with Crippen LogP contribution in [-0.2, 0) is 20.2 Å². The number of benzene rings is 2. The second kappa shape index (κ2) is 12.0. The highest BCUT2D eigenvalue weighted by Gasteiger charge is 2.08. The van der Waals surface area contributed by atoms with Crippen LogP contribution in [0.25, 0.3) is 0 Å². The Labute approximate surface area is 184 Å². The minimum Gasteiger partial charge on any atom is -1.00 e. The first-order valence-corrected chi connectivity index (χ1v) is 10.2. The summed E-state index contributed by atoms with van der Waals surface area (Å²) in [5, 5.41) is 16.2. The van der Waals surface area contributed by atoms with E-state index in [0.717, 1.165) is 29.4 Å². The molecule has 1 heterocycles. The van der Waals surface area contributed by atoms with Crippen LogP contribution in [0.2, 0.25) is 5.02 Å². The van der Waals surface area contributed by atoms with Crippen molar-refractivity contribution < 1.29 is 21.5 Å². The minimum absolute atomic E-state index is 0. The molecule has 3 aromatic rings. The van der Waals surface area contributed by atoms with Gasteiger partial charge in [-0.05, 0) is 47.7 Å². The normalized spacial score (nSPS) is 10.6. The van der Waals surface area contributed by atoms with Crippen LogP contribution in [0, 0.1) is 5.82 Å². The summed E-state index contributed by atoms with van der Waals surface area (Å²) in [5.41, 5.74) is 1.46. The molecule has 10 heteroatoms. The smallest absolute Gasteiger partial charge is 0.209 e. The molecule has 0 aliphatic heterocycles. The number of hydrogen-bond acceptors (Lipinski definition) is 6. The highest BCUT2D eigenvalue weighted by atomic mass is 35.5. The Balaban J connectivity index is 0.00000300. The molecule has 0 aliphatic carbocycles. The fourth-order valence-corrected chi connectivity index (χ4v) is 3.51. The third-order valence-electron chi connectivity index (χ3n) is 3.99. The molecule has 0 saturated carbocycles. The summed E-state index contributed by atoms with van der Waals surface area (Å²) < 4.78 is 21.3. The fraction of sp³-hybridized carbons (Fsp3) is 0.316. The Hall–Kier alpha value is -1.87. The first kappa shape index (κ1) is 23.4. The van der Waals surface area contributed by atoms with E-state index in [0.29, 0.717) is 22.9 Å². The van der Waals surface area contributed by atoms with Gasteiger partial charge in [0.1, 0.15) is 18.2 Å². The van der Waals surface area contributed by atoms with Crippen molar-refractivity contribution in [2.45, 2.75) is 24.7 Å². The number of halogens is 3. The summed E-state index contributed by atoms with van der Waals surface area (Å²) in [6, 6.07) is 12.1. The number of aromatic nitrogens is 4. The standard InChI is InChI=1S/C19H21ClFN5OS.ClH/c1-26-19(23-24-25-26)28-10-4-9-22-12-15-11-16(20)7-8-18(15)27-13-14-5-2-3-6-17(14)21;/h2-3,5-8,11,22H,4,9-10,12-13H2,1H3;1H/p-1. The summed E-state index contributed by atoms with van der Waals surface area (Å²) in [5.74, 6) is 1.33. The Kier molecular flexibility index (Phi) is 9.66. The van der Waals surface area contributed by atoms with Crippen molar-refractivity contribution in [2.24, 2.45) is 7.05 Å². The zero-order valence-electron chi connectivity index (χ0n) is 15.8. The summed E-state index contributed by atoms with van der Waals surface area (Å²) in [4.78, 5) is 0. The zero-order chi connectivity index (χ0) is 19.8. The minimum atomic E-state index is -0.272. The van der Waals surface area contributed by atoms with E-state index < -0.39 is 0 Å². The highest BCUT2D eigenvalue weighted by Crippen LogP contribution is 2.24. The Morgan fingerprint density at radius 2 is 2.03 bits per heavy atom. The molecule has 0 spiro atoms. The van der Waals surface area contributed by atoms with Crippen molar-refractivity contribution in [3.05, 3.63) is 64.4 Å². The molecule has 1 aromatic heterocycles. The maximum atomic E-state index is 13.8. The summed E-state index contributed by atoms with van der Waals surface area (Å²) >= 11 is 7.74. The molecular weight excluding hydrogens is 436 g/mol. The molecule has 0 saturated heterocycles. The van der Waals surface area contributed by atoms with E-state index in [1.807, 2.05) is 19.2 Å². The number of aryl methyl sites for hydroxylation is 1. The van der Waals surface area contributed by atoms with Gasteiger partial charge in [0.2, 0.25) is 5.16 Å². The third-order valence-corrected chi connectivity index (χ3v) is 5.32. The number of hydrogen-bond donors (Lipinski definition) is 1. The van der Waals surface area contributed by atoms with Crippen LogP contribution in [0.15, 0.2) is 47.6 Å². The molecule has 0 radical (unpaired) electrons. The molecule has 0 aliphatic rings. The number of rotatable bonds is 10. The summed E-state index contributed by atoms with van der Waals surface area (Å²) in [7, 11) is 1.82. The number of ether oxygens (including phenoxy) is 1. The predicted molar refractivity (Wildman–Crippen MR) is 108 cm³/mol. The molecule has 2 aromatic carbocycles. The lowest BCUT2D eigenvalue weighted by Crippen LogP contribution is -3.00. The molecule has 0 atom stereocenters. The molecule has 29 heavy (non-hydrogen) atoms. The quantitative estimate of drug-likeness (QED) is 0.360. The van der Waals surface area contributed by atoms with Crippen molar-refractivity contribution in [1.29, 1.82) is 0 Å². The SMILES string of the molecule is Cn1nnnc1SCCCNCc1cc(Cl)ccc1OCc1ccccc1F.[Cl-]. The monoisotopic (exact) mass is 456 g/mol. The van der Waals surface area contributed by atoms with Gasteiger partial charge in [0.15, 0.2) is 0 Å². The van der Waals surface area contributed by atoms with Gasteiger partial charge in [0.25, 0.3) is 0 Å². The largest absolute Gasteiger partial charge is 1.00 e. The fourth-order valence-electron chi connectivity index (χ4n) is 2.53. The second-order valence-corrected chi connectivity index (χ2v) is 7.59. The van der Waals surface area contributed by atoms with Gasteiger partial charge in [0.05, 0.1) is 0 Å². The molecule has 0 bridgehead atoms. The summed E-state index contributed by atoms with van der Waals surface area (Å²) in [6.07, 6.45) is 0.962. The van der Waals surface area contributed by atoms with Gasteiger partial charge in [0, 0.05) is 35.5 Å². The summed E-state index contributed by atoms with van der Waals surface area (Å²) in [6.45, 7) is 1.62. The lowest BCUT2D eigenvalue weighted by atomic mass is 10.2. The zero-order valence-corrected chi connectivity index (χ0v) is 18.1. The molecule has 0 unspecified atom stereocenters. The van der Waals surface area contributed by atoms with Crippen molar-refractivity contribution in [2.75, 3.05) is 12.3 Å². The van der Waals surface area contributed by atoms with Crippen molar-refractivity contribution >= 4 is 23.4 Å². The van der Waals surface area contributed by atoms with Gasteiger partial charge in [-0.25, -0.2) is 9.07 Å². The van der Waals surface area contributed by atoms with Crippen LogP contribution in [-0.4, -0.2) is 32.5 Å². The third kappa shape index (κ3) is 7.15. The lowest BCUT2D eigenvalue weighted by Gasteiger charge is -2.13. The second-order valence-electron chi connectivity index (χ2n) is 6.10. The first-order valence-electron chi connectivity index (χ1n) is 8.84. The van der Waals surface area contributed by atoms with Gasteiger partial charge >= 0.3 is 0 Å². The van der Waals surface area contributed by atoms with E-state index in [9.17, 15) is 4.39 Å². The van der Waals surface area contributed by atoms with Crippen LogP contribution in [0.5, 0.6) is 5.75 Å². The van der Waals surface area contributed by atoms with Gasteiger partial charge in [-0.1, -0.05) is 41.6 Å². The molecule has 6 nitrogen and oxygen atoms in total. The highest BCUT2D eigenvalue weighted by molar-refractivity contribution is 7.99. The van der Waals surface area contributed by atoms with Crippen LogP contribution >= 0.6 is 23.4 Å². The number of tetrazole rings is 1. The molecule has 3 rings (SSSR count). The van der Waals surface area contributed by atoms with E-state index in [2.05, 4.69) is 20.8 Å². The molecule has 156 valence electrons. The maximum absolute atomic E-state index is 13.8. The van der Waals surface area contributed by atoms with Crippen molar-refractivity contribution in [3.8, 4) is 5.75 Å². The maximum Gasteiger partial charge on any atom is 0.209 e. The number of thioether (sulfide) groups is 1. The van der Waals surface area contributed by atoms with Crippen LogP contribution in [0.3, 0.4) is 0 Å². The molecule has 0 amide bonds. The molecular formula is C19H21Cl2FN5OS-.